The SMILES string of the molecule is COc1c(O)c([C@H]2O[C@@H](CO)[C@@H](O)[C@@H](O)[C@@H]2O)c2oc(-c3ccc(O)cc3)cc(=O)c2c1O. The molecular formula is C22H22O11. The predicted molar refractivity (Wildman–Crippen MR) is 112 cm³/mol. The maximum absolute atomic E-state index is 13.0. The second-order valence-corrected chi connectivity index (χ2v) is 7.62. The van der Waals surface area contributed by atoms with Crippen molar-refractivity contribution in [1.29, 1.82) is 0 Å². The lowest BCUT2D eigenvalue weighted by Gasteiger charge is -2.40. The van der Waals surface area contributed by atoms with Gasteiger partial charge in [-0.3, -0.25) is 4.79 Å². The Hall–Kier alpha value is -3.35. The van der Waals surface area contributed by atoms with E-state index in [0.717, 1.165) is 13.2 Å². The van der Waals surface area contributed by atoms with E-state index in [0.29, 0.717) is 5.56 Å². The second-order valence-electron chi connectivity index (χ2n) is 7.62. The van der Waals surface area contributed by atoms with Crippen molar-refractivity contribution in [1.82, 2.24) is 0 Å². The highest BCUT2D eigenvalue weighted by Gasteiger charge is 2.46. The van der Waals surface area contributed by atoms with Gasteiger partial charge in [0.1, 0.15) is 47.4 Å². The van der Waals surface area contributed by atoms with Crippen LogP contribution >= 0.6 is 0 Å². The highest BCUT2D eigenvalue weighted by Crippen LogP contribution is 2.50. The molecular weight excluding hydrogens is 440 g/mol. The normalized spacial score (nSPS) is 25.3. The lowest BCUT2D eigenvalue weighted by Crippen LogP contribution is -2.55. The van der Waals surface area contributed by atoms with Crippen molar-refractivity contribution in [3.63, 3.8) is 0 Å². The standard InChI is InChI=1S/C22H22O11/c1-31-22-16(27)13-10(25)6-11(8-2-4-9(24)5-3-8)32-20(13)14(17(22)28)21-19(30)18(29)15(26)12(7-23)33-21/h2-6,12,15,18-19,21,23-24,26-30H,7H2,1H3/t12-,15+,18+,19-,21+/m0/s1. The molecule has 1 fully saturated rings. The second kappa shape index (κ2) is 8.54. The van der Waals surface area contributed by atoms with Crippen molar-refractivity contribution in [3.05, 3.63) is 46.1 Å². The Morgan fingerprint density at radius 1 is 0.970 bits per heavy atom. The summed E-state index contributed by atoms with van der Waals surface area (Å²) in [5.74, 6) is -1.98. The van der Waals surface area contributed by atoms with Crippen LogP contribution in [0, 0.1) is 0 Å². The number of phenolic OH excluding ortho intramolecular Hbond substituents is 3. The molecule has 1 aromatic heterocycles. The summed E-state index contributed by atoms with van der Waals surface area (Å²) >= 11 is 0. The van der Waals surface area contributed by atoms with Crippen LogP contribution in [-0.2, 0) is 4.74 Å². The number of aliphatic hydroxyl groups excluding tert-OH is 4. The van der Waals surface area contributed by atoms with E-state index in [4.69, 9.17) is 13.9 Å². The monoisotopic (exact) mass is 462 g/mol. The fourth-order valence-corrected chi connectivity index (χ4v) is 3.93. The van der Waals surface area contributed by atoms with E-state index in [2.05, 4.69) is 0 Å². The highest BCUT2D eigenvalue weighted by molar-refractivity contribution is 5.93. The van der Waals surface area contributed by atoms with Crippen LogP contribution in [0.1, 0.15) is 11.7 Å². The first-order chi connectivity index (χ1) is 15.7. The maximum atomic E-state index is 13.0. The Bertz CT molecular complexity index is 1230. The van der Waals surface area contributed by atoms with Gasteiger partial charge in [0, 0.05) is 11.6 Å². The first kappa shape index (κ1) is 22.8. The number of phenols is 3. The molecule has 3 aromatic rings. The van der Waals surface area contributed by atoms with Gasteiger partial charge in [0.2, 0.25) is 5.75 Å². The van der Waals surface area contributed by atoms with E-state index >= 15 is 0 Å². The quantitative estimate of drug-likeness (QED) is 0.278. The maximum Gasteiger partial charge on any atom is 0.204 e. The number of hydrogen-bond donors (Lipinski definition) is 7. The van der Waals surface area contributed by atoms with Gasteiger partial charge in [-0.05, 0) is 24.3 Å². The molecule has 1 saturated heterocycles. The number of benzene rings is 2. The van der Waals surface area contributed by atoms with Gasteiger partial charge in [0.15, 0.2) is 22.5 Å². The van der Waals surface area contributed by atoms with Crippen LogP contribution < -0.4 is 10.2 Å². The van der Waals surface area contributed by atoms with E-state index < -0.39 is 59.8 Å². The van der Waals surface area contributed by atoms with E-state index in [1.54, 1.807) is 0 Å². The molecule has 11 heteroatoms. The van der Waals surface area contributed by atoms with Crippen molar-refractivity contribution in [2.45, 2.75) is 30.5 Å². The Kier molecular flexibility index (Phi) is 5.91. The number of ether oxygens (including phenoxy) is 2. The third kappa shape index (κ3) is 3.65. The molecule has 11 nitrogen and oxygen atoms in total. The third-order valence-corrected chi connectivity index (χ3v) is 5.65. The van der Waals surface area contributed by atoms with Gasteiger partial charge in [0.05, 0.1) is 19.3 Å². The van der Waals surface area contributed by atoms with Crippen molar-refractivity contribution in [2.75, 3.05) is 13.7 Å². The van der Waals surface area contributed by atoms with Crippen LogP contribution in [-0.4, -0.2) is 73.9 Å². The molecule has 7 N–H and O–H groups in total. The Labute approximate surface area is 185 Å². The van der Waals surface area contributed by atoms with Gasteiger partial charge in [-0.15, -0.1) is 0 Å². The van der Waals surface area contributed by atoms with Crippen molar-refractivity contribution in [3.8, 4) is 34.3 Å². The fourth-order valence-electron chi connectivity index (χ4n) is 3.93. The number of aliphatic hydroxyl groups is 4. The molecule has 0 amide bonds. The minimum absolute atomic E-state index is 0.00214. The van der Waals surface area contributed by atoms with Gasteiger partial charge < -0.3 is 49.6 Å². The van der Waals surface area contributed by atoms with Crippen LogP contribution in [0.25, 0.3) is 22.3 Å². The summed E-state index contributed by atoms with van der Waals surface area (Å²) in [6.45, 7) is -0.724. The summed E-state index contributed by atoms with van der Waals surface area (Å²) in [6, 6.07) is 6.75. The van der Waals surface area contributed by atoms with Crippen LogP contribution in [0.2, 0.25) is 0 Å². The lowest BCUT2D eigenvalue weighted by molar-refractivity contribution is -0.231. The topological polar surface area (TPSA) is 190 Å². The summed E-state index contributed by atoms with van der Waals surface area (Å²) in [4.78, 5) is 13.0. The van der Waals surface area contributed by atoms with Gasteiger partial charge in [-0.1, -0.05) is 0 Å². The largest absolute Gasteiger partial charge is 0.508 e. The van der Waals surface area contributed by atoms with E-state index in [-0.39, 0.29) is 28.0 Å². The highest BCUT2D eigenvalue weighted by atomic mass is 16.5. The van der Waals surface area contributed by atoms with Crippen LogP contribution in [0.4, 0.5) is 0 Å². The minimum Gasteiger partial charge on any atom is -0.508 e. The molecule has 1 aliphatic rings. The van der Waals surface area contributed by atoms with E-state index in [9.17, 15) is 40.5 Å². The molecule has 0 saturated carbocycles. The van der Waals surface area contributed by atoms with Gasteiger partial charge in [-0.25, -0.2) is 0 Å². The minimum atomic E-state index is -1.81. The zero-order chi connectivity index (χ0) is 24.0. The lowest BCUT2D eigenvalue weighted by atomic mass is 9.89. The first-order valence-corrected chi connectivity index (χ1v) is 9.89. The summed E-state index contributed by atoms with van der Waals surface area (Å²) < 4.78 is 16.4. The molecule has 2 heterocycles. The van der Waals surface area contributed by atoms with E-state index in [1.807, 2.05) is 0 Å². The number of rotatable bonds is 4. The molecule has 0 spiro atoms. The van der Waals surface area contributed by atoms with E-state index in [1.165, 1.54) is 24.3 Å². The molecule has 0 radical (unpaired) electrons. The van der Waals surface area contributed by atoms with Crippen LogP contribution in [0.3, 0.4) is 0 Å². The fraction of sp³-hybridized carbons (Fsp3) is 0.318. The van der Waals surface area contributed by atoms with Crippen molar-refractivity contribution < 1.29 is 49.6 Å². The van der Waals surface area contributed by atoms with Gasteiger partial charge in [-0.2, -0.15) is 0 Å². The predicted octanol–water partition coefficient (Wildman–Crippen LogP) is 0.100. The molecule has 0 bridgehead atoms. The molecule has 176 valence electrons. The summed E-state index contributed by atoms with van der Waals surface area (Å²) in [5.41, 5.74) is -1.05. The number of fused-ring (bicyclic) bond motifs is 1. The Balaban J connectivity index is 2.03. The molecule has 0 unspecified atom stereocenters. The van der Waals surface area contributed by atoms with Crippen molar-refractivity contribution >= 4 is 11.0 Å². The molecule has 2 aromatic carbocycles. The smallest absolute Gasteiger partial charge is 0.204 e. The first-order valence-electron chi connectivity index (χ1n) is 9.89. The molecule has 5 atom stereocenters. The summed E-state index contributed by atoms with van der Waals surface area (Å²) in [6.07, 6.45) is -8.14. The average Bonchev–Trinajstić information content (AvgIpc) is 2.79. The van der Waals surface area contributed by atoms with Crippen molar-refractivity contribution in [2.24, 2.45) is 0 Å². The molecule has 4 rings (SSSR count). The Morgan fingerprint density at radius 3 is 2.24 bits per heavy atom. The molecule has 0 aliphatic carbocycles. The zero-order valence-corrected chi connectivity index (χ0v) is 17.2. The Morgan fingerprint density at radius 2 is 1.64 bits per heavy atom. The summed E-state index contributed by atoms with van der Waals surface area (Å²) in [7, 11) is 1.13. The zero-order valence-electron chi connectivity index (χ0n) is 17.2. The average molecular weight is 462 g/mol. The number of methoxy groups -OCH3 is 1. The molecule has 1 aliphatic heterocycles. The summed E-state index contributed by atoms with van der Waals surface area (Å²) in [5, 5.41) is 71.0. The van der Waals surface area contributed by atoms with Crippen LogP contribution in [0.15, 0.2) is 39.5 Å². The van der Waals surface area contributed by atoms with Crippen LogP contribution in [0.5, 0.6) is 23.0 Å². The number of hydrogen-bond acceptors (Lipinski definition) is 11. The van der Waals surface area contributed by atoms with Gasteiger partial charge >= 0.3 is 0 Å². The van der Waals surface area contributed by atoms with Gasteiger partial charge in [0.25, 0.3) is 0 Å². The third-order valence-electron chi connectivity index (χ3n) is 5.65. The number of aromatic hydroxyl groups is 3. The molecule has 33 heavy (non-hydrogen) atoms.